The molecular weight excluding hydrogens is 349 g/mol. The lowest BCUT2D eigenvalue weighted by Crippen LogP contribution is -1.98. The van der Waals surface area contributed by atoms with Gasteiger partial charge in [-0.05, 0) is 47.4 Å². The van der Waals surface area contributed by atoms with Gasteiger partial charge < -0.3 is 4.74 Å². The lowest BCUT2D eigenvalue weighted by Gasteiger charge is -2.14. The van der Waals surface area contributed by atoms with Gasteiger partial charge in [-0.1, -0.05) is 24.3 Å². The largest absolute Gasteiger partial charge is 0.495 e. The molecule has 0 atom stereocenters. The van der Waals surface area contributed by atoms with Crippen LogP contribution >= 0.6 is 0 Å². The summed E-state index contributed by atoms with van der Waals surface area (Å²) in [5.74, 6) is 0.0349. The molecule has 3 aromatic rings. The van der Waals surface area contributed by atoms with E-state index in [9.17, 15) is 19.3 Å². The summed E-state index contributed by atoms with van der Waals surface area (Å²) in [6.07, 6.45) is 1.17. The predicted octanol–water partition coefficient (Wildman–Crippen LogP) is 4.81. The number of rotatable bonds is 6. The highest BCUT2D eigenvalue weighted by Gasteiger charge is 2.16. The summed E-state index contributed by atoms with van der Waals surface area (Å²) in [5, 5.41) is 11.1. The van der Waals surface area contributed by atoms with Crippen molar-refractivity contribution in [3.63, 3.8) is 0 Å². The standard InChI is InChI=1S/C21H16FNO4/c1-27-21-17(13-24)10-15(9-14-5-7-18(22)8-6-14)11-20(21)16-3-2-4-19(12-16)23(25)26/h2-8,10-13H,9H2,1H3. The van der Waals surface area contributed by atoms with E-state index in [-0.39, 0.29) is 11.5 Å². The van der Waals surface area contributed by atoms with Gasteiger partial charge in [0.15, 0.2) is 6.29 Å². The van der Waals surface area contributed by atoms with E-state index in [1.807, 2.05) is 6.07 Å². The van der Waals surface area contributed by atoms with Gasteiger partial charge in [0, 0.05) is 17.7 Å². The number of methoxy groups -OCH3 is 1. The van der Waals surface area contributed by atoms with E-state index in [0.717, 1.165) is 11.1 Å². The first kappa shape index (κ1) is 18.3. The van der Waals surface area contributed by atoms with Crippen molar-refractivity contribution in [1.29, 1.82) is 0 Å². The fraction of sp³-hybridized carbons (Fsp3) is 0.0952. The van der Waals surface area contributed by atoms with Crippen LogP contribution in [-0.4, -0.2) is 18.3 Å². The second-order valence-corrected chi connectivity index (χ2v) is 5.99. The average molecular weight is 365 g/mol. The van der Waals surface area contributed by atoms with E-state index in [0.29, 0.717) is 35.1 Å². The minimum absolute atomic E-state index is 0.0499. The first-order valence-corrected chi connectivity index (χ1v) is 8.17. The molecule has 3 rings (SSSR count). The third kappa shape index (κ3) is 4.00. The van der Waals surface area contributed by atoms with Crippen molar-refractivity contribution in [3.05, 3.63) is 93.3 Å². The van der Waals surface area contributed by atoms with E-state index in [1.165, 1.54) is 31.4 Å². The third-order valence-corrected chi connectivity index (χ3v) is 4.20. The number of ether oxygens (including phenoxy) is 1. The number of nitro benzene ring substituents is 1. The van der Waals surface area contributed by atoms with Crippen LogP contribution in [0.15, 0.2) is 60.7 Å². The molecule has 5 nitrogen and oxygen atoms in total. The number of hydrogen-bond acceptors (Lipinski definition) is 4. The van der Waals surface area contributed by atoms with Crippen LogP contribution in [0.1, 0.15) is 21.5 Å². The number of carbonyl (C=O) groups excluding carboxylic acids is 1. The average Bonchev–Trinajstić information content (AvgIpc) is 2.69. The molecular formula is C21H16FNO4. The zero-order valence-electron chi connectivity index (χ0n) is 14.5. The van der Waals surface area contributed by atoms with Crippen LogP contribution < -0.4 is 4.74 Å². The van der Waals surface area contributed by atoms with Crippen molar-refractivity contribution >= 4 is 12.0 Å². The molecule has 0 unspecified atom stereocenters. The van der Waals surface area contributed by atoms with Crippen LogP contribution in [0, 0.1) is 15.9 Å². The van der Waals surface area contributed by atoms with Crippen molar-refractivity contribution in [2.24, 2.45) is 0 Å². The van der Waals surface area contributed by atoms with E-state index in [1.54, 1.807) is 30.3 Å². The highest BCUT2D eigenvalue weighted by atomic mass is 19.1. The topological polar surface area (TPSA) is 69.4 Å². The molecule has 0 bridgehead atoms. The second kappa shape index (κ2) is 7.78. The van der Waals surface area contributed by atoms with Crippen LogP contribution in [0.2, 0.25) is 0 Å². The Morgan fingerprint density at radius 3 is 2.44 bits per heavy atom. The number of aldehydes is 1. The summed E-state index contributed by atoms with van der Waals surface area (Å²) in [7, 11) is 1.45. The van der Waals surface area contributed by atoms with Crippen LogP contribution in [0.5, 0.6) is 5.75 Å². The fourth-order valence-electron chi connectivity index (χ4n) is 2.97. The Labute approximate surface area is 155 Å². The van der Waals surface area contributed by atoms with E-state index >= 15 is 0 Å². The van der Waals surface area contributed by atoms with Gasteiger partial charge in [-0.2, -0.15) is 0 Å². The SMILES string of the molecule is COc1c(C=O)cc(Cc2ccc(F)cc2)cc1-c1cccc([N+](=O)[O-])c1. The highest BCUT2D eigenvalue weighted by Crippen LogP contribution is 2.36. The van der Waals surface area contributed by atoms with Crippen LogP contribution in [0.25, 0.3) is 11.1 Å². The first-order chi connectivity index (χ1) is 13.0. The number of nitro groups is 1. The normalized spacial score (nSPS) is 10.4. The molecule has 0 radical (unpaired) electrons. The number of non-ortho nitro benzene ring substituents is 1. The van der Waals surface area contributed by atoms with Gasteiger partial charge in [0.2, 0.25) is 0 Å². The number of benzene rings is 3. The summed E-state index contributed by atoms with van der Waals surface area (Å²) in [4.78, 5) is 22.2. The van der Waals surface area contributed by atoms with Gasteiger partial charge in [-0.3, -0.25) is 14.9 Å². The Balaban J connectivity index is 2.11. The zero-order chi connectivity index (χ0) is 19.4. The number of halogens is 1. The molecule has 0 N–H and O–H groups in total. The molecule has 6 heteroatoms. The van der Waals surface area contributed by atoms with Crippen molar-refractivity contribution in [1.82, 2.24) is 0 Å². The quantitative estimate of drug-likeness (QED) is 0.357. The van der Waals surface area contributed by atoms with Crippen molar-refractivity contribution in [3.8, 4) is 16.9 Å². The minimum Gasteiger partial charge on any atom is -0.495 e. The van der Waals surface area contributed by atoms with Gasteiger partial charge >= 0.3 is 0 Å². The van der Waals surface area contributed by atoms with Crippen LogP contribution in [0.3, 0.4) is 0 Å². The molecule has 136 valence electrons. The van der Waals surface area contributed by atoms with Gasteiger partial charge in [0.25, 0.3) is 5.69 Å². The van der Waals surface area contributed by atoms with Crippen LogP contribution in [0.4, 0.5) is 10.1 Å². The summed E-state index contributed by atoms with van der Waals surface area (Å²) < 4.78 is 18.5. The van der Waals surface area contributed by atoms with E-state index < -0.39 is 4.92 Å². The molecule has 27 heavy (non-hydrogen) atoms. The molecule has 3 aromatic carbocycles. The van der Waals surface area contributed by atoms with Crippen LogP contribution in [-0.2, 0) is 6.42 Å². The molecule has 0 spiro atoms. The summed E-state index contributed by atoms with van der Waals surface area (Å²) in [6, 6.07) is 15.8. The maximum absolute atomic E-state index is 13.1. The molecule has 0 amide bonds. The maximum Gasteiger partial charge on any atom is 0.270 e. The van der Waals surface area contributed by atoms with Gasteiger partial charge in [0.1, 0.15) is 11.6 Å². The second-order valence-electron chi connectivity index (χ2n) is 5.99. The van der Waals surface area contributed by atoms with Crippen molar-refractivity contribution < 1.29 is 18.8 Å². The van der Waals surface area contributed by atoms with Gasteiger partial charge in [-0.25, -0.2) is 4.39 Å². The molecule has 0 fully saturated rings. The fourth-order valence-corrected chi connectivity index (χ4v) is 2.97. The van der Waals surface area contributed by atoms with E-state index in [2.05, 4.69) is 0 Å². The monoisotopic (exact) mass is 365 g/mol. The number of nitrogens with zero attached hydrogens (tertiary/aromatic N) is 1. The maximum atomic E-state index is 13.1. The Morgan fingerprint density at radius 1 is 1.07 bits per heavy atom. The third-order valence-electron chi connectivity index (χ3n) is 4.20. The first-order valence-electron chi connectivity index (χ1n) is 8.17. The Hall–Kier alpha value is -3.54. The predicted molar refractivity (Wildman–Crippen MR) is 99.7 cm³/mol. The number of hydrogen-bond donors (Lipinski definition) is 0. The van der Waals surface area contributed by atoms with Crippen molar-refractivity contribution in [2.75, 3.05) is 7.11 Å². The van der Waals surface area contributed by atoms with Crippen molar-refractivity contribution in [2.45, 2.75) is 6.42 Å². The number of carbonyl (C=O) groups is 1. The lowest BCUT2D eigenvalue weighted by atomic mass is 9.95. The molecule has 0 aromatic heterocycles. The Kier molecular flexibility index (Phi) is 5.26. The lowest BCUT2D eigenvalue weighted by molar-refractivity contribution is -0.384. The molecule has 0 heterocycles. The summed E-state index contributed by atoms with van der Waals surface area (Å²) in [6.45, 7) is 0. The molecule has 0 aliphatic carbocycles. The smallest absolute Gasteiger partial charge is 0.270 e. The van der Waals surface area contributed by atoms with E-state index in [4.69, 9.17) is 4.74 Å². The zero-order valence-corrected chi connectivity index (χ0v) is 14.5. The molecule has 0 saturated carbocycles. The summed E-state index contributed by atoms with van der Waals surface area (Å²) >= 11 is 0. The minimum atomic E-state index is -0.473. The molecule has 0 saturated heterocycles. The highest BCUT2D eigenvalue weighted by molar-refractivity contribution is 5.87. The Morgan fingerprint density at radius 2 is 1.81 bits per heavy atom. The van der Waals surface area contributed by atoms with Gasteiger partial charge in [-0.15, -0.1) is 0 Å². The molecule has 0 aliphatic heterocycles. The molecule has 0 aliphatic rings. The Bertz CT molecular complexity index is 1000. The summed E-state index contributed by atoms with van der Waals surface area (Å²) in [5.41, 5.74) is 3.15. The van der Waals surface area contributed by atoms with Gasteiger partial charge in [0.05, 0.1) is 17.6 Å².